The zero-order chi connectivity index (χ0) is 9.14. The van der Waals surface area contributed by atoms with Gasteiger partial charge >= 0.3 is 0 Å². The topological polar surface area (TPSA) is 42.0 Å². The number of halogens is 2. The number of aromatic nitrogens is 1. The average molecular weight is 249 g/mol. The third kappa shape index (κ3) is 2.79. The van der Waals surface area contributed by atoms with Crippen molar-refractivity contribution in [3.63, 3.8) is 0 Å². The number of anilines is 1. The fourth-order valence-corrected chi connectivity index (χ4v) is 1.48. The van der Waals surface area contributed by atoms with Gasteiger partial charge in [-0.1, -0.05) is 27.5 Å². The Hall–Kier alpha value is -0.610. The summed E-state index contributed by atoms with van der Waals surface area (Å²) in [5.74, 6) is 0.276. The predicted octanol–water partition coefficient (Wildman–Crippen LogP) is 2.46. The van der Waals surface area contributed by atoms with Gasteiger partial charge in [-0.25, -0.2) is 4.98 Å². The van der Waals surface area contributed by atoms with Crippen LogP contribution in [0.2, 0.25) is 5.15 Å². The quantitative estimate of drug-likeness (QED) is 0.777. The van der Waals surface area contributed by atoms with E-state index in [1.807, 2.05) is 0 Å². The Bertz CT molecular complexity index is 296. The lowest BCUT2D eigenvalue weighted by atomic mass is 10.4. The Balaban J connectivity index is 2.93. The Morgan fingerprint density at radius 1 is 1.67 bits per heavy atom. The minimum Gasteiger partial charge on any atom is -0.311 e. The lowest BCUT2D eigenvalue weighted by molar-refractivity contribution is -0.114. The summed E-state index contributed by atoms with van der Waals surface area (Å²) in [6, 6.07) is 3.32. The molecule has 0 radical (unpaired) electrons. The number of nitrogens with zero attached hydrogens (tertiary/aromatic N) is 1. The molecule has 0 aliphatic carbocycles. The summed E-state index contributed by atoms with van der Waals surface area (Å²) in [5.41, 5.74) is 0. The van der Waals surface area contributed by atoms with Crippen LogP contribution in [-0.2, 0) is 4.79 Å². The Morgan fingerprint density at radius 2 is 2.33 bits per heavy atom. The van der Waals surface area contributed by atoms with Crippen LogP contribution in [0.4, 0.5) is 5.82 Å². The van der Waals surface area contributed by atoms with Crippen molar-refractivity contribution >= 4 is 39.3 Å². The number of hydrogen-bond acceptors (Lipinski definition) is 2. The first kappa shape index (κ1) is 9.48. The van der Waals surface area contributed by atoms with Crippen LogP contribution in [0.25, 0.3) is 0 Å². The maximum absolute atomic E-state index is 10.6. The number of rotatable bonds is 1. The first-order chi connectivity index (χ1) is 5.58. The lowest BCUT2D eigenvalue weighted by Crippen LogP contribution is -2.07. The fourth-order valence-electron chi connectivity index (χ4n) is 0.710. The minimum absolute atomic E-state index is 0.170. The molecule has 1 aromatic heterocycles. The molecule has 0 atom stereocenters. The van der Waals surface area contributed by atoms with Gasteiger partial charge in [0.25, 0.3) is 0 Å². The molecule has 1 aromatic rings. The Labute approximate surface area is 83.3 Å². The van der Waals surface area contributed by atoms with Crippen LogP contribution in [0.5, 0.6) is 0 Å². The van der Waals surface area contributed by atoms with Gasteiger partial charge in [-0.3, -0.25) is 4.79 Å². The first-order valence-corrected chi connectivity index (χ1v) is 4.35. The molecule has 1 N–H and O–H groups in total. The summed E-state index contributed by atoms with van der Waals surface area (Å²) in [6.07, 6.45) is 0. The van der Waals surface area contributed by atoms with Crippen LogP contribution in [0.15, 0.2) is 16.6 Å². The van der Waals surface area contributed by atoms with Crippen LogP contribution in [0.3, 0.4) is 0 Å². The normalized spacial score (nSPS) is 9.58. The molecule has 5 heteroatoms. The van der Waals surface area contributed by atoms with E-state index in [9.17, 15) is 4.79 Å². The molecule has 0 unspecified atom stereocenters. The molecule has 1 heterocycles. The zero-order valence-corrected chi connectivity index (χ0v) is 8.61. The summed E-state index contributed by atoms with van der Waals surface area (Å²) >= 11 is 8.87. The smallest absolute Gasteiger partial charge is 0.222 e. The van der Waals surface area contributed by atoms with Crippen LogP contribution < -0.4 is 5.32 Å². The van der Waals surface area contributed by atoms with E-state index in [1.54, 1.807) is 12.1 Å². The second kappa shape index (κ2) is 3.87. The summed E-state index contributed by atoms with van der Waals surface area (Å²) in [5, 5.41) is 2.86. The van der Waals surface area contributed by atoms with Crippen LogP contribution >= 0.6 is 27.5 Å². The van der Waals surface area contributed by atoms with Gasteiger partial charge in [0, 0.05) is 11.4 Å². The van der Waals surface area contributed by atoms with E-state index in [1.165, 1.54) is 6.92 Å². The third-order valence-corrected chi connectivity index (χ3v) is 1.71. The van der Waals surface area contributed by atoms with Gasteiger partial charge in [0.2, 0.25) is 5.91 Å². The molecule has 64 valence electrons. The second-order valence-corrected chi connectivity index (χ2v) is 3.48. The molecule has 0 aliphatic rings. The second-order valence-electron chi connectivity index (χ2n) is 2.17. The van der Waals surface area contributed by atoms with Crippen molar-refractivity contribution in [3.05, 3.63) is 21.8 Å². The van der Waals surface area contributed by atoms with Crippen molar-refractivity contribution in [3.8, 4) is 0 Å². The van der Waals surface area contributed by atoms with Crippen molar-refractivity contribution in [2.24, 2.45) is 0 Å². The van der Waals surface area contributed by atoms with E-state index < -0.39 is 0 Å². The van der Waals surface area contributed by atoms with E-state index >= 15 is 0 Å². The molecule has 0 aromatic carbocycles. The van der Waals surface area contributed by atoms with E-state index in [0.29, 0.717) is 11.0 Å². The highest BCUT2D eigenvalue weighted by molar-refractivity contribution is 9.10. The largest absolute Gasteiger partial charge is 0.311 e. The van der Waals surface area contributed by atoms with Gasteiger partial charge < -0.3 is 5.32 Å². The van der Waals surface area contributed by atoms with Gasteiger partial charge in [0.15, 0.2) is 0 Å². The number of carbonyl (C=O) groups excluding carboxylic acids is 1. The maximum atomic E-state index is 10.6. The maximum Gasteiger partial charge on any atom is 0.222 e. The summed E-state index contributed by atoms with van der Waals surface area (Å²) in [7, 11) is 0. The standard InChI is InChI=1S/C7H6BrClN2O/c1-4(12)10-7-3-5(8)2-6(9)11-7/h2-3H,1H3,(H,10,11,12). The highest BCUT2D eigenvalue weighted by Gasteiger charge is 2.00. The average Bonchev–Trinajstić information content (AvgIpc) is 1.81. The minimum atomic E-state index is -0.170. The van der Waals surface area contributed by atoms with Crippen molar-refractivity contribution in [1.29, 1.82) is 0 Å². The van der Waals surface area contributed by atoms with Gasteiger partial charge in [0.1, 0.15) is 11.0 Å². The molecular formula is C7H6BrClN2O. The van der Waals surface area contributed by atoms with Crippen LogP contribution in [0.1, 0.15) is 6.92 Å². The van der Waals surface area contributed by atoms with Gasteiger partial charge in [-0.15, -0.1) is 0 Å². The lowest BCUT2D eigenvalue weighted by Gasteiger charge is -2.01. The highest BCUT2D eigenvalue weighted by atomic mass is 79.9. The van der Waals surface area contributed by atoms with Gasteiger partial charge in [0.05, 0.1) is 0 Å². The predicted molar refractivity (Wildman–Crippen MR) is 51.3 cm³/mol. The molecule has 1 amide bonds. The van der Waals surface area contributed by atoms with Crippen molar-refractivity contribution in [2.75, 3.05) is 5.32 Å². The first-order valence-electron chi connectivity index (χ1n) is 3.18. The number of hydrogen-bond donors (Lipinski definition) is 1. The van der Waals surface area contributed by atoms with Gasteiger partial charge in [-0.05, 0) is 12.1 Å². The molecule has 0 bridgehead atoms. The third-order valence-electron chi connectivity index (χ3n) is 1.06. The number of amides is 1. The molecule has 0 saturated carbocycles. The van der Waals surface area contributed by atoms with E-state index in [0.717, 1.165) is 4.47 Å². The van der Waals surface area contributed by atoms with Crippen molar-refractivity contribution in [2.45, 2.75) is 6.92 Å². The number of pyridine rings is 1. The van der Waals surface area contributed by atoms with Crippen LogP contribution in [-0.4, -0.2) is 10.9 Å². The summed E-state index contributed by atoms with van der Waals surface area (Å²) in [4.78, 5) is 14.5. The summed E-state index contributed by atoms with van der Waals surface area (Å²) < 4.78 is 0.784. The number of nitrogens with one attached hydrogen (secondary N) is 1. The fraction of sp³-hybridized carbons (Fsp3) is 0.143. The van der Waals surface area contributed by atoms with Gasteiger partial charge in [-0.2, -0.15) is 0 Å². The molecule has 0 saturated heterocycles. The van der Waals surface area contributed by atoms with E-state index in [-0.39, 0.29) is 5.91 Å². The zero-order valence-electron chi connectivity index (χ0n) is 6.27. The molecule has 3 nitrogen and oxygen atoms in total. The molecule has 0 aliphatic heterocycles. The molecule has 0 spiro atoms. The molecule has 12 heavy (non-hydrogen) atoms. The number of carbonyl (C=O) groups is 1. The molecule has 0 fully saturated rings. The molecule has 1 rings (SSSR count). The molecular weight excluding hydrogens is 243 g/mol. The Kier molecular flexibility index (Phi) is 3.05. The van der Waals surface area contributed by atoms with Crippen LogP contribution in [0, 0.1) is 0 Å². The monoisotopic (exact) mass is 248 g/mol. The summed E-state index contributed by atoms with van der Waals surface area (Å²) in [6.45, 7) is 1.41. The van der Waals surface area contributed by atoms with E-state index in [2.05, 4.69) is 26.2 Å². The van der Waals surface area contributed by atoms with Crippen molar-refractivity contribution < 1.29 is 4.79 Å². The van der Waals surface area contributed by atoms with E-state index in [4.69, 9.17) is 11.6 Å². The SMILES string of the molecule is CC(=O)Nc1cc(Br)cc(Cl)n1. The van der Waals surface area contributed by atoms with Crippen molar-refractivity contribution in [1.82, 2.24) is 4.98 Å². The Morgan fingerprint density at radius 3 is 2.83 bits per heavy atom. The highest BCUT2D eigenvalue weighted by Crippen LogP contribution is 2.18.